The van der Waals surface area contributed by atoms with E-state index in [1.54, 1.807) is 0 Å². The maximum Gasteiger partial charge on any atom is 0.472 e. The first-order valence-corrected chi connectivity index (χ1v) is 24.5. The van der Waals surface area contributed by atoms with Gasteiger partial charge in [0.2, 0.25) is 0 Å². The van der Waals surface area contributed by atoms with Crippen LogP contribution in [0.3, 0.4) is 0 Å². The molecule has 0 aromatic carbocycles. The lowest BCUT2D eigenvalue weighted by Crippen LogP contribution is -2.64. The zero-order valence-corrected chi connectivity index (χ0v) is 36.8. The summed E-state index contributed by atoms with van der Waals surface area (Å²) in [6.07, 6.45) is 25.6. The van der Waals surface area contributed by atoms with Gasteiger partial charge in [0, 0.05) is 13.0 Å². The van der Waals surface area contributed by atoms with Crippen LogP contribution in [0.15, 0.2) is 12.2 Å². The monoisotopic (exact) mass is 837 g/mol. The Bertz CT molecular complexity index is 1000. The molecule has 0 bridgehead atoms. The molecule has 6 atom stereocenters. The maximum absolute atomic E-state index is 12.8. The van der Waals surface area contributed by atoms with E-state index in [1.165, 1.54) is 116 Å². The van der Waals surface area contributed by atoms with Crippen molar-refractivity contribution < 1.29 is 58.3 Å². The van der Waals surface area contributed by atoms with Gasteiger partial charge in [-0.25, -0.2) is 4.57 Å². The number of ether oxygens (including phenoxy) is 2. The van der Waals surface area contributed by atoms with Gasteiger partial charge in [-0.15, -0.1) is 0 Å². The van der Waals surface area contributed by atoms with Gasteiger partial charge in [0.1, 0.15) is 42.7 Å². The maximum atomic E-state index is 12.8. The summed E-state index contributed by atoms with van der Waals surface area (Å²) >= 11 is 0. The third kappa shape index (κ3) is 28.3. The van der Waals surface area contributed by atoms with Gasteiger partial charge in [-0.3, -0.25) is 13.8 Å². The fourth-order valence-electron chi connectivity index (χ4n) is 7.17. The minimum Gasteiger partial charge on any atom is -0.457 e. The van der Waals surface area contributed by atoms with E-state index in [4.69, 9.17) is 18.5 Å². The van der Waals surface area contributed by atoms with Crippen molar-refractivity contribution in [3.8, 4) is 0 Å². The van der Waals surface area contributed by atoms with Gasteiger partial charge in [0.05, 0.1) is 13.2 Å². The lowest BCUT2D eigenvalue weighted by molar-refractivity contribution is -0.220. The number of aliphatic hydroxyl groups is 5. The first kappa shape index (κ1) is 54.1. The Hall–Kier alpha value is -0.920. The SMILES string of the molecule is CCCCCCC/C=C\CCCCCCCC(=O)OC(COCCCCCCCCCCCCCCCCCC)COP(=O)(O)OC1C(O)C(O)C(O)C(O)C1O. The number of esters is 1. The number of hydrogen-bond donors (Lipinski definition) is 6. The van der Waals surface area contributed by atoms with E-state index < -0.39 is 63.1 Å². The second kappa shape index (κ2) is 35.8. The molecule has 0 saturated heterocycles. The van der Waals surface area contributed by atoms with E-state index in [0.717, 1.165) is 57.8 Å². The highest BCUT2D eigenvalue weighted by Gasteiger charge is 2.51. The molecule has 1 aliphatic carbocycles. The van der Waals surface area contributed by atoms with Crippen LogP contribution in [0, 0.1) is 0 Å². The van der Waals surface area contributed by atoms with Crippen LogP contribution in [-0.4, -0.2) is 98.9 Å². The van der Waals surface area contributed by atoms with E-state index in [0.29, 0.717) is 13.0 Å². The molecule has 6 unspecified atom stereocenters. The van der Waals surface area contributed by atoms with Gasteiger partial charge >= 0.3 is 13.8 Å². The van der Waals surface area contributed by atoms with Crippen molar-refractivity contribution in [2.24, 2.45) is 0 Å². The first-order valence-electron chi connectivity index (χ1n) is 23.0. The zero-order chi connectivity index (χ0) is 42.0. The van der Waals surface area contributed by atoms with Gasteiger partial charge in [-0.05, 0) is 38.5 Å². The molecule has 0 radical (unpaired) electrons. The molecule has 0 heterocycles. The smallest absolute Gasteiger partial charge is 0.457 e. The van der Waals surface area contributed by atoms with Crippen molar-refractivity contribution in [3.05, 3.63) is 12.2 Å². The van der Waals surface area contributed by atoms with Crippen LogP contribution < -0.4 is 0 Å². The van der Waals surface area contributed by atoms with Crippen LogP contribution >= 0.6 is 7.82 Å². The Morgan fingerprint density at radius 3 is 1.39 bits per heavy atom. The molecule has 0 aromatic heterocycles. The third-order valence-corrected chi connectivity index (χ3v) is 11.9. The standard InChI is InChI=1S/C44H85O12P/c1-3-5-7-9-11-13-15-17-19-20-22-24-26-28-30-32-34-53-35-37(36-54-57(51,52)56-44-42(49)40(47)39(46)41(48)43(44)50)55-38(45)33-31-29-27-25-23-21-18-16-14-12-10-8-6-4-2/h16,18,37,39-44,46-50H,3-15,17,19-36H2,1-2H3,(H,51,52)/b18-16-. The van der Waals surface area contributed by atoms with Crippen LogP contribution in [0.1, 0.15) is 200 Å². The predicted molar refractivity (Wildman–Crippen MR) is 226 cm³/mol. The summed E-state index contributed by atoms with van der Waals surface area (Å²) in [5, 5.41) is 50.1. The number of carbonyl (C=O) groups is 1. The van der Waals surface area contributed by atoms with Crippen molar-refractivity contribution in [2.75, 3.05) is 19.8 Å². The lowest BCUT2D eigenvalue weighted by Gasteiger charge is -2.41. The van der Waals surface area contributed by atoms with Gasteiger partial charge in [0.15, 0.2) is 0 Å². The summed E-state index contributed by atoms with van der Waals surface area (Å²) < 4.78 is 34.2. The van der Waals surface area contributed by atoms with Crippen molar-refractivity contribution in [2.45, 2.75) is 243 Å². The number of carbonyl (C=O) groups excluding carboxylic acids is 1. The molecule has 338 valence electrons. The summed E-state index contributed by atoms with van der Waals surface area (Å²) in [6, 6.07) is 0. The molecule has 0 aliphatic heterocycles. The molecular weight excluding hydrogens is 751 g/mol. The summed E-state index contributed by atoms with van der Waals surface area (Å²) in [4.78, 5) is 23.1. The number of rotatable bonds is 39. The van der Waals surface area contributed by atoms with Gasteiger partial charge < -0.3 is 39.9 Å². The second-order valence-electron chi connectivity index (χ2n) is 16.3. The topological polar surface area (TPSA) is 192 Å². The summed E-state index contributed by atoms with van der Waals surface area (Å²) in [5.74, 6) is -0.483. The Kier molecular flexibility index (Phi) is 34.0. The van der Waals surface area contributed by atoms with Crippen LogP contribution in [0.4, 0.5) is 0 Å². The number of phosphoric acid groups is 1. The minimum atomic E-state index is -5.01. The molecular formula is C44H85O12P. The van der Waals surface area contributed by atoms with E-state index in [9.17, 15) is 39.8 Å². The van der Waals surface area contributed by atoms with E-state index >= 15 is 0 Å². The highest BCUT2D eigenvalue weighted by molar-refractivity contribution is 7.47. The Morgan fingerprint density at radius 1 is 0.544 bits per heavy atom. The first-order chi connectivity index (χ1) is 27.5. The Balaban J connectivity index is 2.39. The number of phosphoric ester groups is 1. The molecule has 0 amide bonds. The van der Waals surface area contributed by atoms with Gasteiger partial charge in [-0.2, -0.15) is 0 Å². The largest absolute Gasteiger partial charge is 0.472 e. The summed E-state index contributed by atoms with van der Waals surface area (Å²) in [6.45, 7) is 4.26. The minimum absolute atomic E-state index is 0.0744. The number of allylic oxidation sites excluding steroid dienone is 2. The second-order valence-corrected chi connectivity index (χ2v) is 17.7. The highest BCUT2D eigenvalue weighted by atomic mass is 31.2. The van der Waals surface area contributed by atoms with Crippen molar-refractivity contribution in [3.63, 3.8) is 0 Å². The number of unbranched alkanes of at least 4 members (excludes halogenated alkanes) is 25. The van der Waals surface area contributed by atoms with Crippen molar-refractivity contribution in [1.29, 1.82) is 0 Å². The molecule has 1 aliphatic rings. The Labute approximate surface area is 346 Å². The van der Waals surface area contributed by atoms with Crippen LogP contribution in [0.2, 0.25) is 0 Å². The highest BCUT2D eigenvalue weighted by Crippen LogP contribution is 2.47. The normalized spacial score (nSPS) is 22.9. The van der Waals surface area contributed by atoms with E-state index in [2.05, 4.69) is 26.0 Å². The third-order valence-electron chi connectivity index (χ3n) is 10.9. The van der Waals surface area contributed by atoms with Gasteiger partial charge in [0.25, 0.3) is 0 Å². The van der Waals surface area contributed by atoms with E-state index in [-0.39, 0.29) is 13.0 Å². The zero-order valence-electron chi connectivity index (χ0n) is 35.9. The quantitative estimate of drug-likeness (QED) is 0.0149. The summed E-state index contributed by atoms with van der Waals surface area (Å²) in [7, 11) is -5.01. The molecule has 1 saturated carbocycles. The fourth-order valence-corrected chi connectivity index (χ4v) is 8.15. The molecule has 1 rings (SSSR count). The molecule has 12 nitrogen and oxygen atoms in total. The van der Waals surface area contributed by atoms with Crippen molar-refractivity contribution in [1.82, 2.24) is 0 Å². The molecule has 6 N–H and O–H groups in total. The lowest BCUT2D eigenvalue weighted by atomic mass is 9.85. The van der Waals surface area contributed by atoms with E-state index in [1.807, 2.05) is 0 Å². The van der Waals surface area contributed by atoms with Crippen LogP contribution in [-0.2, 0) is 27.9 Å². The predicted octanol–water partition coefficient (Wildman–Crippen LogP) is 9.14. The van der Waals surface area contributed by atoms with Crippen LogP contribution in [0.25, 0.3) is 0 Å². The molecule has 57 heavy (non-hydrogen) atoms. The number of hydrogen-bond acceptors (Lipinski definition) is 11. The number of aliphatic hydroxyl groups excluding tert-OH is 5. The molecule has 0 aromatic rings. The van der Waals surface area contributed by atoms with Crippen molar-refractivity contribution >= 4 is 13.8 Å². The molecule has 13 heteroatoms. The average Bonchev–Trinajstić information content (AvgIpc) is 3.19. The molecule has 0 spiro atoms. The average molecular weight is 837 g/mol. The van der Waals surface area contributed by atoms with Crippen LogP contribution in [0.5, 0.6) is 0 Å². The molecule has 1 fully saturated rings. The Morgan fingerprint density at radius 2 is 0.930 bits per heavy atom. The summed E-state index contributed by atoms with van der Waals surface area (Å²) in [5.41, 5.74) is 0. The van der Waals surface area contributed by atoms with Gasteiger partial charge in [-0.1, -0.05) is 167 Å². The fraction of sp³-hybridized carbons (Fsp3) is 0.932.